The zero-order chi connectivity index (χ0) is 18.2. The molecule has 1 aromatic rings. The predicted octanol–water partition coefficient (Wildman–Crippen LogP) is 2.68. The van der Waals surface area contributed by atoms with E-state index in [0.717, 1.165) is 19.3 Å². The number of amides is 2. The molecule has 0 radical (unpaired) electrons. The summed E-state index contributed by atoms with van der Waals surface area (Å²) in [6.07, 6.45) is 2.91. The predicted molar refractivity (Wildman–Crippen MR) is 92.9 cm³/mol. The number of carbonyl (C=O) groups is 3. The first-order valence-corrected chi connectivity index (χ1v) is 8.11. The molecule has 132 valence electrons. The number of carboxylic acid groups (broad SMARTS) is 1. The van der Waals surface area contributed by atoms with E-state index in [4.69, 9.17) is 0 Å². The topological polar surface area (TPSA) is 95.5 Å². The molecule has 3 N–H and O–H groups in total. The first-order valence-electron chi connectivity index (χ1n) is 8.11. The number of benzene rings is 1. The minimum Gasteiger partial charge on any atom is -0.481 e. The highest BCUT2D eigenvalue weighted by Crippen LogP contribution is 2.24. The van der Waals surface area contributed by atoms with Crippen LogP contribution >= 0.6 is 0 Å². The van der Waals surface area contributed by atoms with E-state index in [2.05, 4.69) is 10.6 Å². The van der Waals surface area contributed by atoms with Crippen LogP contribution in [0.3, 0.4) is 0 Å². The molecule has 0 unspecified atom stereocenters. The molecule has 0 aliphatic carbocycles. The van der Waals surface area contributed by atoms with Gasteiger partial charge in [-0.3, -0.25) is 14.4 Å². The Labute approximate surface area is 142 Å². The molecule has 6 heteroatoms. The summed E-state index contributed by atoms with van der Waals surface area (Å²) in [5, 5.41) is 14.7. The molecule has 0 atom stereocenters. The first kappa shape index (κ1) is 19.7. The number of rotatable bonds is 9. The fourth-order valence-corrected chi connectivity index (χ4v) is 2.17. The Morgan fingerprint density at radius 3 is 2.21 bits per heavy atom. The second-order valence-electron chi connectivity index (χ2n) is 6.35. The van der Waals surface area contributed by atoms with Crippen molar-refractivity contribution >= 4 is 23.5 Å². The van der Waals surface area contributed by atoms with Crippen LogP contribution in [0.5, 0.6) is 0 Å². The lowest BCUT2D eigenvalue weighted by Crippen LogP contribution is -2.28. The molecule has 0 bridgehead atoms. The molecule has 0 saturated heterocycles. The van der Waals surface area contributed by atoms with Gasteiger partial charge in [-0.25, -0.2) is 0 Å². The maximum absolute atomic E-state index is 11.9. The molecule has 2 amide bonds. The number of nitrogens with one attached hydrogen (secondary N) is 2. The van der Waals surface area contributed by atoms with Gasteiger partial charge in [-0.15, -0.1) is 0 Å². The smallest absolute Gasteiger partial charge is 0.313 e. The van der Waals surface area contributed by atoms with E-state index in [1.165, 1.54) is 6.92 Å². The van der Waals surface area contributed by atoms with Gasteiger partial charge in [-0.1, -0.05) is 18.6 Å². The molecular formula is C18H26N2O4. The minimum absolute atomic E-state index is 0.0396. The van der Waals surface area contributed by atoms with Gasteiger partial charge in [0.05, 0.1) is 5.41 Å². The zero-order valence-corrected chi connectivity index (χ0v) is 14.5. The van der Waals surface area contributed by atoms with Gasteiger partial charge < -0.3 is 15.7 Å². The van der Waals surface area contributed by atoms with Crippen LogP contribution < -0.4 is 10.6 Å². The second kappa shape index (κ2) is 9.05. The summed E-state index contributed by atoms with van der Waals surface area (Å²) in [6, 6.07) is 6.87. The summed E-state index contributed by atoms with van der Waals surface area (Å²) in [4.78, 5) is 33.8. The van der Waals surface area contributed by atoms with Crippen LogP contribution in [0.15, 0.2) is 24.3 Å². The average molecular weight is 334 g/mol. The van der Waals surface area contributed by atoms with E-state index < -0.39 is 11.4 Å². The maximum Gasteiger partial charge on any atom is 0.313 e. The monoisotopic (exact) mass is 334 g/mol. The third kappa shape index (κ3) is 6.40. The van der Waals surface area contributed by atoms with E-state index >= 15 is 0 Å². The molecule has 0 heterocycles. The minimum atomic E-state index is -0.962. The molecule has 0 aliphatic heterocycles. The lowest BCUT2D eigenvalue weighted by molar-refractivity contribution is -0.142. The van der Waals surface area contributed by atoms with Gasteiger partial charge in [0.2, 0.25) is 11.8 Å². The molecular weight excluding hydrogens is 308 g/mol. The normalized spacial score (nSPS) is 11.0. The van der Waals surface area contributed by atoms with E-state index in [-0.39, 0.29) is 11.8 Å². The highest BCUT2D eigenvalue weighted by atomic mass is 16.4. The molecule has 0 aromatic heterocycles. The second-order valence-corrected chi connectivity index (χ2v) is 6.35. The van der Waals surface area contributed by atoms with Crippen molar-refractivity contribution in [2.45, 2.75) is 51.9 Å². The Morgan fingerprint density at radius 1 is 1.04 bits per heavy atom. The van der Waals surface area contributed by atoms with Crippen molar-refractivity contribution < 1.29 is 19.5 Å². The molecule has 6 nitrogen and oxygen atoms in total. The van der Waals surface area contributed by atoms with E-state index in [9.17, 15) is 19.5 Å². The maximum atomic E-state index is 11.9. The number of aliphatic carboxylic acids is 1. The van der Waals surface area contributed by atoms with Gasteiger partial charge in [0, 0.05) is 25.6 Å². The molecule has 1 aromatic carbocycles. The summed E-state index contributed by atoms with van der Waals surface area (Å²) < 4.78 is 0. The fourth-order valence-electron chi connectivity index (χ4n) is 2.17. The fraction of sp³-hybridized carbons (Fsp3) is 0.500. The summed E-state index contributed by atoms with van der Waals surface area (Å²) in [5.74, 6) is -0.999. The molecule has 0 fully saturated rings. The molecule has 0 aliphatic rings. The molecule has 24 heavy (non-hydrogen) atoms. The Balaban J connectivity index is 2.37. The summed E-state index contributed by atoms with van der Waals surface area (Å²) in [7, 11) is 0. The van der Waals surface area contributed by atoms with Gasteiger partial charge in [-0.2, -0.15) is 0 Å². The van der Waals surface area contributed by atoms with Crippen LogP contribution in [-0.4, -0.2) is 29.4 Å². The molecule has 1 rings (SSSR count). The van der Waals surface area contributed by atoms with Crippen LogP contribution in [0.2, 0.25) is 0 Å². The Hall–Kier alpha value is -2.37. The van der Waals surface area contributed by atoms with Gasteiger partial charge >= 0.3 is 5.97 Å². The lowest BCUT2D eigenvalue weighted by Gasteiger charge is -2.19. The van der Waals surface area contributed by atoms with E-state index in [1.807, 2.05) is 0 Å². The van der Waals surface area contributed by atoms with Crippen molar-refractivity contribution in [3.8, 4) is 0 Å². The van der Waals surface area contributed by atoms with Crippen molar-refractivity contribution in [3.05, 3.63) is 29.8 Å². The lowest BCUT2D eigenvalue weighted by atomic mass is 9.85. The third-order valence-corrected chi connectivity index (χ3v) is 3.88. The number of hydrogen-bond donors (Lipinski definition) is 3. The Bertz CT molecular complexity index is 579. The van der Waals surface area contributed by atoms with Gasteiger partial charge in [0.1, 0.15) is 0 Å². The highest BCUT2D eigenvalue weighted by Gasteiger charge is 2.29. The Kier molecular flexibility index (Phi) is 7.42. The van der Waals surface area contributed by atoms with E-state index in [1.54, 1.807) is 38.1 Å². The number of hydrogen-bond acceptors (Lipinski definition) is 3. The van der Waals surface area contributed by atoms with Crippen LogP contribution in [0, 0.1) is 0 Å². The van der Waals surface area contributed by atoms with Crippen molar-refractivity contribution in [2.24, 2.45) is 0 Å². The van der Waals surface area contributed by atoms with Crippen molar-refractivity contribution in [1.29, 1.82) is 0 Å². The van der Waals surface area contributed by atoms with Crippen molar-refractivity contribution in [1.82, 2.24) is 5.32 Å². The van der Waals surface area contributed by atoms with Gasteiger partial charge in [0.25, 0.3) is 0 Å². The SMILES string of the molecule is CC(=O)NCCCCCC(=O)Nc1ccc(C(C)(C)C(=O)O)cc1. The Morgan fingerprint density at radius 2 is 1.67 bits per heavy atom. The number of unbranched alkanes of at least 4 members (excludes halogenated alkanes) is 2. The largest absolute Gasteiger partial charge is 0.481 e. The summed E-state index contributed by atoms with van der Waals surface area (Å²) in [5.41, 5.74) is 0.380. The standard InChI is InChI=1S/C18H26N2O4/c1-13(21)19-12-6-4-5-7-16(22)20-15-10-8-14(9-11-15)18(2,3)17(23)24/h8-11H,4-7,12H2,1-3H3,(H,19,21)(H,20,22)(H,23,24). The summed E-state index contributed by atoms with van der Waals surface area (Å²) >= 11 is 0. The van der Waals surface area contributed by atoms with Gasteiger partial charge in [-0.05, 0) is 44.4 Å². The zero-order valence-electron chi connectivity index (χ0n) is 14.5. The van der Waals surface area contributed by atoms with Crippen molar-refractivity contribution in [2.75, 3.05) is 11.9 Å². The first-order chi connectivity index (χ1) is 11.2. The van der Waals surface area contributed by atoms with Crippen LogP contribution in [0.1, 0.15) is 52.0 Å². The number of anilines is 1. The molecule has 0 saturated carbocycles. The van der Waals surface area contributed by atoms with E-state index in [0.29, 0.717) is 24.2 Å². The van der Waals surface area contributed by atoms with Crippen LogP contribution in [-0.2, 0) is 19.8 Å². The van der Waals surface area contributed by atoms with Crippen LogP contribution in [0.25, 0.3) is 0 Å². The quantitative estimate of drug-likeness (QED) is 0.605. The highest BCUT2D eigenvalue weighted by molar-refractivity contribution is 5.90. The van der Waals surface area contributed by atoms with Gasteiger partial charge in [0.15, 0.2) is 0 Å². The average Bonchev–Trinajstić information content (AvgIpc) is 2.50. The summed E-state index contributed by atoms with van der Waals surface area (Å²) in [6.45, 7) is 5.40. The molecule has 0 spiro atoms. The third-order valence-electron chi connectivity index (χ3n) is 3.88. The number of carboxylic acids is 1. The number of carbonyl (C=O) groups excluding carboxylic acids is 2. The van der Waals surface area contributed by atoms with Crippen LogP contribution in [0.4, 0.5) is 5.69 Å². The van der Waals surface area contributed by atoms with Crippen molar-refractivity contribution in [3.63, 3.8) is 0 Å².